The SMILES string of the molecule is CCOC(=O)Nc1cccc2c1N(C)C(=O)CO2. The van der Waals surface area contributed by atoms with E-state index in [1.54, 1.807) is 32.2 Å². The molecule has 0 saturated carbocycles. The number of ether oxygens (including phenoxy) is 2. The third kappa shape index (κ3) is 2.22. The molecule has 0 atom stereocenters. The largest absolute Gasteiger partial charge is 0.481 e. The number of anilines is 2. The van der Waals surface area contributed by atoms with Gasteiger partial charge in [-0.25, -0.2) is 4.79 Å². The summed E-state index contributed by atoms with van der Waals surface area (Å²) in [5.41, 5.74) is 1.03. The third-order valence-corrected chi connectivity index (χ3v) is 2.57. The standard InChI is InChI=1S/C12H14N2O4/c1-3-17-12(16)13-8-5-4-6-9-11(8)14(2)10(15)7-18-9/h4-6H,3,7H2,1-2H3,(H,13,16). The second-order valence-corrected chi connectivity index (χ2v) is 3.74. The van der Waals surface area contributed by atoms with Gasteiger partial charge in [-0.1, -0.05) is 6.07 Å². The first-order valence-corrected chi connectivity index (χ1v) is 5.59. The number of para-hydroxylation sites is 1. The number of hydrogen-bond donors (Lipinski definition) is 1. The van der Waals surface area contributed by atoms with Crippen LogP contribution in [0.4, 0.5) is 16.2 Å². The molecule has 0 fully saturated rings. The number of likely N-dealkylation sites (N-methyl/N-ethyl adjacent to an activating group) is 1. The highest BCUT2D eigenvalue weighted by atomic mass is 16.5. The molecule has 0 aromatic heterocycles. The van der Waals surface area contributed by atoms with E-state index in [4.69, 9.17) is 9.47 Å². The number of amides is 2. The Morgan fingerprint density at radius 3 is 3.06 bits per heavy atom. The Balaban J connectivity index is 2.32. The second kappa shape index (κ2) is 4.95. The molecule has 0 radical (unpaired) electrons. The number of carbonyl (C=O) groups excluding carboxylic acids is 2. The molecule has 1 aromatic carbocycles. The summed E-state index contributed by atoms with van der Waals surface area (Å²) in [5, 5.41) is 2.59. The van der Waals surface area contributed by atoms with Crippen molar-refractivity contribution < 1.29 is 19.1 Å². The Morgan fingerprint density at radius 2 is 2.33 bits per heavy atom. The van der Waals surface area contributed by atoms with E-state index in [-0.39, 0.29) is 19.1 Å². The number of rotatable bonds is 2. The maximum absolute atomic E-state index is 11.6. The summed E-state index contributed by atoms with van der Waals surface area (Å²) in [5.74, 6) is 0.395. The van der Waals surface area contributed by atoms with E-state index in [1.165, 1.54) is 4.90 Å². The van der Waals surface area contributed by atoms with Gasteiger partial charge >= 0.3 is 6.09 Å². The maximum atomic E-state index is 11.6. The predicted molar refractivity (Wildman–Crippen MR) is 66.0 cm³/mol. The van der Waals surface area contributed by atoms with Gasteiger partial charge in [-0.3, -0.25) is 10.1 Å². The first kappa shape index (κ1) is 12.2. The van der Waals surface area contributed by atoms with Crippen LogP contribution in [-0.2, 0) is 9.53 Å². The predicted octanol–water partition coefficient (Wildman–Crippen LogP) is 1.61. The zero-order valence-corrected chi connectivity index (χ0v) is 10.2. The van der Waals surface area contributed by atoms with Crippen molar-refractivity contribution in [1.29, 1.82) is 0 Å². The molecule has 18 heavy (non-hydrogen) atoms. The molecule has 0 aliphatic carbocycles. The molecule has 1 heterocycles. The normalized spacial score (nSPS) is 13.7. The monoisotopic (exact) mass is 250 g/mol. The van der Waals surface area contributed by atoms with Gasteiger partial charge in [-0.2, -0.15) is 0 Å². The minimum Gasteiger partial charge on any atom is -0.481 e. The number of fused-ring (bicyclic) bond motifs is 1. The number of benzene rings is 1. The van der Waals surface area contributed by atoms with Crippen LogP contribution in [0.1, 0.15) is 6.92 Å². The van der Waals surface area contributed by atoms with Crippen LogP contribution in [0.3, 0.4) is 0 Å². The smallest absolute Gasteiger partial charge is 0.411 e. The molecule has 0 saturated heterocycles. The average Bonchev–Trinajstić information content (AvgIpc) is 2.34. The highest BCUT2D eigenvalue weighted by Crippen LogP contribution is 2.37. The van der Waals surface area contributed by atoms with Crippen LogP contribution < -0.4 is 15.0 Å². The molecule has 0 spiro atoms. The topological polar surface area (TPSA) is 67.9 Å². The van der Waals surface area contributed by atoms with E-state index in [0.717, 1.165) is 0 Å². The van der Waals surface area contributed by atoms with Crippen molar-refractivity contribution in [3.05, 3.63) is 18.2 Å². The number of nitrogens with one attached hydrogen (secondary N) is 1. The Labute approximate surface area is 104 Å². The van der Waals surface area contributed by atoms with Gasteiger partial charge < -0.3 is 14.4 Å². The van der Waals surface area contributed by atoms with Crippen LogP contribution in [0.5, 0.6) is 5.75 Å². The molecule has 1 aliphatic rings. The van der Waals surface area contributed by atoms with Crippen LogP contribution in [-0.4, -0.2) is 32.3 Å². The summed E-state index contributed by atoms with van der Waals surface area (Å²) >= 11 is 0. The van der Waals surface area contributed by atoms with E-state index in [2.05, 4.69) is 5.32 Å². The van der Waals surface area contributed by atoms with E-state index in [9.17, 15) is 9.59 Å². The second-order valence-electron chi connectivity index (χ2n) is 3.74. The van der Waals surface area contributed by atoms with Gasteiger partial charge in [0.25, 0.3) is 5.91 Å². The van der Waals surface area contributed by atoms with E-state index in [0.29, 0.717) is 17.1 Å². The first-order chi connectivity index (χ1) is 8.63. The summed E-state index contributed by atoms with van der Waals surface area (Å²) in [4.78, 5) is 24.4. The Morgan fingerprint density at radius 1 is 1.56 bits per heavy atom. The summed E-state index contributed by atoms with van der Waals surface area (Å²) < 4.78 is 10.1. The number of nitrogens with zero attached hydrogens (tertiary/aromatic N) is 1. The van der Waals surface area contributed by atoms with Crippen LogP contribution in [0.15, 0.2) is 18.2 Å². The van der Waals surface area contributed by atoms with Gasteiger partial charge in [-0.05, 0) is 19.1 Å². The quantitative estimate of drug-likeness (QED) is 0.865. The third-order valence-electron chi connectivity index (χ3n) is 2.57. The molecule has 0 bridgehead atoms. The average molecular weight is 250 g/mol. The Hall–Kier alpha value is -2.24. The van der Waals surface area contributed by atoms with Gasteiger partial charge in [0.1, 0.15) is 11.4 Å². The van der Waals surface area contributed by atoms with Crippen LogP contribution >= 0.6 is 0 Å². The van der Waals surface area contributed by atoms with Crippen molar-refractivity contribution in [1.82, 2.24) is 0 Å². The zero-order chi connectivity index (χ0) is 13.1. The summed E-state index contributed by atoms with van der Waals surface area (Å²) in [6.07, 6.45) is -0.558. The van der Waals surface area contributed by atoms with E-state index < -0.39 is 6.09 Å². The van der Waals surface area contributed by atoms with E-state index >= 15 is 0 Å². The van der Waals surface area contributed by atoms with Crippen LogP contribution in [0.25, 0.3) is 0 Å². The lowest BCUT2D eigenvalue weighted by Crippen LogP contribution is -2.36. The minimum absolute atomic E-state index is 0.00631. The molecular formula is C12H14N2O4. The zero-order valence-electron chi connectivity index (χ0n) is 10.2. The molecule has 0 unspecified atom stereocenters. The lowest BCUT2D eigenvalue weighted by Gasteiger charge is -2.27. The van der Waals surface area contributed by atoms with Crippen molar-refractivity contribution in [3.8, 4) is 5.75 Å². The molecule has 6 heteroatoms. The minimum atomic E-state index is -0.558. The highest BCUT2D eigenvalue weighted by molar-refractivity contribution is 6.03. The molecule has 1 aromatic rings. The first-order valence-electron chi connectivity index (χ1n) is 5.59. The van der Waals surface area contributed by atoms with Gasteiger partial charge in [0.2, 0.25) is 0 Å². The van der Waals surface area contributed by atoms with Gasteiger partial charge in [-0.15, -0.1) is 0 Å². The molecular weight excluding hydrogens is 236 g/mol. The van der Waals surface area contributed by atoms with Gasteiger partial charge in [0.15, 0.2) is 6.61 Å². The molecule has 2 amide bonds. The summed E-state index contributed by atoms with van der Waals surface area (Å²) in [7, 11) is 1.64. The van der Waals surface area contributed by atoms with Crippen molar-refractivity contribution in [2.45, 2.75) is 6.92 Å². The van der Waals surface area contributed by atoms with Crippen LogP contribution in [0, 0.1) is 0 Å². The van der Waals surface area contributed by atoms with Crippen LogP contribution in [0.2, 0.25) is 0 Å². The summed E-state index contributed by atoms with van der Waals surface area (Å²) in [6, 6.07) is 5.17. The highest BCUT2D eigenvalue weighted by Gasteiger charge is 2.25. The lowest BCUT2D eigenvalue weighted by atomic mass is 10.2. The van der Waals surface area contributed by atoms with Gasteiger partial charge in [0.05, 0.1) is 12.3 Å². The van der Waals surface area contributed by atoms with Crippen molar-refractivity contribution in [3.63, 3.8) is 0 Å². The Kier molecular flexibility index (Phi) is 3.36. The number of hydrogen-bond acceptors (Lipinski definition) is 4. The fourth-order valence-electron chi connectivity index (χ4n) is 1.72. The van der Waals surface area contributed by atoms with E-state index in [1.807, 2.05) is 0 Å². The number of carbonyl (C=O) groups is 2. The molecule has 96 valence electrons. The molecule has 6 nitrogen and oxygen atoms in total. The van der Waals surface area contributed by atoms with Gasteiger partial charge in [0, 0.05) is 7.05 Å². The van der Waals surface area contributed by atoms with Crippen molar-refractivity contribution in [2.24, 2.45) is 0 Å². The van der Waals surface area contributed by atoms with Crippen molar-refractivity contribution >= 4 is 23.4 Å². The lowest BCUT2D eigenvalue weighted by molar-refractivity contribution is -0.120. The molecule has 1 N–H and O–H groups in total. The van der Waals surface area contributed by atoms with Crippen molar-refractivity contribution in [2.75, 3.05) is 30.5 Å². The fraction of sp³-hybridized carbons (Fsp3) is 0.333. The molecule has 2 rings (SSSR count). The Bertz CT molecular complexity index is 487. The fourth-order valence-corrected chi connectivity index (χ4v) is 1.72. The summed E-state index contributed by atoms with van der Waals surface area (Å²) in [6.45, 7) is 2.01. The molecule has 1 aliphatic heterocycles. The maximum Gasteiger partial charge on any atom is 0.411 e.